The van der Waals surface area contributed by atoms with Crippen molar-refractivity contribution >= 4 is 5.88 Å². The number of furan rings is 1. The van der Waals surface area contributed by atoms with Gasteiger partial charge in [-0.25, -0.2) is 9.97 Å². The molecule has 0 saturated carbocycles. The van der Waals surface area contributed by atoms with E-state index in [-0.39, 0.29) is 30.1 Å². The molecule has 9 heteroatoms. The summed E-state index contributed by atoms with van der Waals surface area (Å²) in [7, 11) is 0. The molecule has 2 heterocycles. The molecule has 0 aromatic carbocycles. The van der Waals surface area contributed by atoms with Crippen LogP contribution in [0.1, 0.15) is 13.3 Å². The number of aromatic nitrogens is 2. The second-order valence-electron chi connectivity index (χ2n) is 4.73. The first-order chi connectivity index (χ1) is 11.1. The normalized spacial score (nSPS) is 12.1. The molecule has 9 nitrogen and oxygen atoms in total. The Kier molecular flexibility index (Phi) is 6.01. The van der Waals surface area contributed by atoms with Crippen molar-refractivity contribution in [2.75, 3.05) is 19.8 Å². The van der Waals surface area contributed by atoms with E-state index in [2.05, 4.69) is 15.3 Å². The second kappa shape index (κ2) is 8.20. The predicted molar refractivity (Wildman–Crippen MR) is 81.1 cm³/mol. The Morgan fingerprint density at radius 3 is 2.74 bits per heavy atom. The van der Waals surface area contributed by atoms with Crippen LogP contribution in [0.15, 0.2) is 28.9 Å². The van der Waals surface area contributed by atoms with E-state index < -0.39 is 4.92 Å². The van der Waals surface area contributed by atoms with E-state index in [1.54, 1.807) is 0 Å². The van der Waals surface area contributed by atoms with Crippen molar-refractivity contribution in [2.45, 2.75) is 19.4 Å². The minimum Gasteiger partial charge on any atom is -0.489 e. The Morgan fingerprint density at radius 2 is 2.17 bits per heavy atom. The summed E-state index contributed by atoms with van der Waals surface area (Å²) in [4.78, 5) is 18.1. The quantitative estimate of drug-likeness (QED) is 0.403. The van der Waals surface area contributed by atoms with E-state index in [4.69, 9.17) is 14.3 Å². The molecule has 2 rings (SSSR count). The van der Waals surface area contributed by atoms with Crippen molar-refractivity contribution in [1.82, 2.24) is 15.3 Å². The fourth-order valence-electron chi connectivity index (χ4n) is 1.83. The summed E-state index contributed by atoms with van der Waals surface area (Å²) >= 11 is 0. The number of ether oxygens (including phenoxy) is 1. The highest BCUT2D eigenvalue weighted by molar-refractivity contribution is 5.48. The van der Waals surface area contributed by atoms with Crippen LogP contribution in [-0.4, -0.2) is 45.8 Å². The van der Waals surface area contributed by atoms with E-state index in [9.17, 15) is 10.1 Å². The van der Waals surface area contributed by atoms with Crippen molar-refractivity contribution in [3.05, 3.63) is 34.6 Å². The van der Waals surface area contributed by atoms with Gasteiger partial charge in [0.05, 0.1) is 25.1 Å². The van der Waals surface area contributed by atoms with Crippen LogP contribution in [0.2, 0.25) is 0 Å². The van der Waals surface area contributed by atoms with Crippen LogP contribution < -0.4 is 10.1 Å². The van der Waals surface area contributed by atoms with Crippen molar-refractivity contribution in [2.24, 2.45) is 0 Å². The third-order valence-corrected chi connectivity index (χ3v) is 3.14. The van der Waals surface area contributed by atoms with Crippen molar-refractivity contribution in [3.63, 3.8) is 0 Å². The molecule has 23 heavy (non-hydrogen) atoms. The van der Waals surface area contributed by atoms with Gasteiger partial charge in [0.1, 0.15) is 11.5 Å². The molecule has 0 radical (unpaired) electrons. The van der Waals surface area contributed by atoms with Crippen molar-refractivity contribution < 1.29 is 19.2 Å². The SMILES string of the molecule is CCC(CO)NCCOc1cnc(-c2ccc([N+](=O)[O-])o2)nc1. The van der Waals surface area contributed by atoms with Gasteiger partial charge in [-0.3, -0.25) is 10.1 Å². The van der Waals surface area contributed by atoms with Gasteiger partial charge in [-0.2, -0.15) is 0 Å². The molecule has 0 aliphatic rings. The fourth-order valence-corrected chi connectivity index (χ4v) is 1.83. The molecule has 0 bridgehead atoms. The molecule has 0 aliphatic carbocycles. The average Bonchev–Trinajstić information content (AvgIpc) is 3.06. The van der Waals surface area contributed by atoms with Crippen LogP contribution in [0, 0.1) is 10.1 Å². The van der Waals surface area contributed by atoms with Gasteiger partial charge in [0.15, 0.2) is 17.3 Å². The number of nitro groups is 1. The molecule has 2 N–H and O–H groups in total. The van der Waals surface area contributed by atoms with E-state index in [1.165, 1.54) is 24.5 Å². The first-order valence-corrected chi connectivity index (χ1v) is 7.17. The Bertz CT molecular complexity index is 624. The van der Waals surface area contributed by atoms with Crippen LogP contribution in [0.25, 0.3) is 11.6 Å². The molecule has 2 aromatic rings. The van der Waals surface area contributed by atoms with Gasteiger partial charge in [0.2, 0.25) is 0 Å². The van der Waals surface area contributed by atoms with Crippen LogP contribution in [0.4, 0.5) is 5.88 Å². The lowest BCUT2D eigenvalue weighted by Gasteiger charge is -2.13. The number of nitrogens with one attached hydrogen (secondary N) is 1. The van der Waals surface area contributed by atoms with Crippen molar-refractivity contribution in [3.8, 4) is 17.3 Å². The van der Waals surface area contributed by atoms with Crippen LogP contribution in [0.3, 0.4) is 0 Å². The third kappa shape index (κ3) is 4.73. The van der Waals surface area contributed by atoms with Gasteiger partial charge in [-0.05, 0) is 12.5 Å². The number of hydrogen-bond donors (Lipinski definition) is 2. The van der Waals surface area contributed by atoms with Gasteiger partial charge in [-0.1, -0.05) is 6.92 Å². The first kappa shape index (κ1) is 16.8. The maximum absolute atomic E-state index is 10.6. The summed E-state index contributed by atoms with van der Waals surface area (Å²) in [5.41, 5.74) is 0. The van der Waals surface area contributed by atoms with Gasteiger partial charge >= 0.3 is 5.88 Å². The molecule has 0 aliphatic heterocycles. The highest BCUT2D eigenvalue weighted by Gasteiger charge is 2.14. The summed E-state index contributed by atoms with van der Waals surface area (Å²) in [6.45, 7) is 3.07. The minimum atomic E-state index is -0.621. The molecular formula is C14H18N4O5. The lowest BCUT2D eigenvalue weighted by Crippen LogP contribution is -2.34. The molecule has 1 unspecified atom stereocenters. The Morgan fingerprint density at radius 1 is 1.43 bits per heavy atom. The van der Waals surface area contributed by atoms with Gasteiger partial charge in [0.25, 0.3) is 0 Å². The Hall–Kier alpha value is -2.52. The van der Waals surface area contributed by atoms with Crippen molar-refractivity contribution in [1.29, 1.82) is 0 Å². The molecule has 124 valence electrons. The van der Waals surface area contributed by atoms with E-state index in [1.807, 2.05) is 6.92 Å². The smallest absolute Gasteiger partial charge is 0.433 e. The topological polar surface area (TPSA) is 124 Å². The predicted octanol–water partition coefficient (Wildman–Crippen LogP) is 1.38. The standard InChI is InChI=1S/C14H18N4O5/c1-2-10(9-19)15-5-6-22-11-7-16-14(17-8-11)12-3-4-13(23-12)18(20)21/h3-4,7-8,10,15,19H,2,5-6,9H2,1H3. The summed E-state index contributed by atoms with van der Waals surface area (Å²) in [5.74, 6) is 0.589. The zero-order valence-corrected chi connectivity index (χ0v) is 12.6. The van der Waals surface area contributed by atoms with E-state index in [0.29, 0.717) is 18.9 Å². The average molecular weight is 322 g/mol. The van der Waals surface area contributed by atoms with E-state index >= 15 is 0 Å². The molecular weight excluding hydrogens is 304 g/mol. The molecule has 2 aromatic heterocycles. The number of aliphatic hydroxyl groups excluding tert-OH is 1. The fraction of sp³-hybridized carbons (Fsp3) is 0.429. The highest BCUT2D eigenvalue weighted by atomic mass is 16.6. The monoisotopic (exact) mass is 322 g/mol. The summed E-state index contributed by atoms with van der Waals surface area (Å²) in [6.07, 6.45) is 3.78. The Balaban J connectivity index is 1.85. The number of rotatable bonds is 9. The maximum Gasteiger partial charge on any atom is 0.433 e. The van der Waals surface area contributed by atoms with Gasteiger partial charge < -0.3 is 19.6 Å². The summed E-state index contributed by atoms with van der Waals surface area (Å²) < 4.78 is 10.5. The first-order valence-electron chi connectivity index (χ1n) is 7.17. The largest absolute Gasteiger partial charge is 0.489 e. The zero-order chi connectivity index (χ0) is 16.7. The number of aliphatic hydroxyl groups is 1. The third-order valence-electron chi connectivity index (χ3n) is 3.14. The van der Waals surface area contributed by atoms with Gasteiger partial charge in [-0.15, -0.1) is 0 Å². The van der Waals surface area contributed by atoms with E-state index in [0.717, 1.165) is 6.42 Å². The number of hydrogen-bond acceptors (Lipinski definition) is 8. The molecule has 1 atom stereocenters. The zero-order valence-electron chi connectivity index (χ0n) is 12.6. The lowest BCUT2D eigenvalue weighted by molar-refractivity contribution is -0.401. The van der Waals surface area contributed by atoms with Crippen LogP contribution in [-0.2, 0) is 0 Å². The second-order valence-corrected chi connectivity index (χ2v) is 4.73. The highest BCUT2D eigenvalue weighted by Crippen LogP contribution is 2.23. The van der Waals surface area contributed by atoms with Gasteiger partial charge in [0, 0.05) is 12.6 Å². The maximum atomic E-state index is 10.6. The number of nitrogens with zero attached hydrogens (tertiary/aromatic N) is 3. The Labute approximate surface area is 132 Å². The summed E-state index contributed by atoms with van der Waals surface area (Å²) in [6, 6.07) is 2.75. The molecule has 0 spiro atoms. The van der Waals surface area contributed by atoms with Crippen LogP contribution >= 0.6 is 0 Å². The molecule has 0 saturated heterocycles. The molecule has 0 fully saturated rings. The summed E-state index contributed by atoms with van der Waals surface area (Å²) in [5, 5.41) is 22.8. The minimum absolute atomic E-state index is 0.0620. The molecule has 0 amide bonds. The van der Waals surface area contributed by atoms with Crippen LogP contribution in [0.5, 0.6) is 5.75 Å². The lowest BCUT2D eigenvalue weighted by atomic mass is 10.2.